The predicted octanol–water partition coefficient (Wildman–Crippen LogP) is 4.41. The molecule has 1 fully saturated rings. The standard InChI is InChI=1S/C28H31N5O3/c1-21-9-11-23(12-10-21)28-30-26(36-31-28)8-5-15-32-16-18-33(19-17-32)27(34)14-13-25-29-20-24(35-25)22-6-3-2-4-7-22/h2-4,6-7,9-12,20H,5,8,13-19H2,1H3. The molecule has 3 heterocycles. The van der Waals surface area contributed by atoms with E-state index in [0.29, 0.717) is 30.4 Å². The number of nitrogens with zero attached hydrogens (tertiary/aromatic N) is 5. The van der Waals surface area contributed by atoms with E-state index >= 15 is 0 Å². The summed E-state index contributed by atoms with van der Waals surface area (Å²) in [6, 6.07) is 18.0. The minimum absolute atomic E-state index is 0.156. The zero-order valence-corrected chi connectivity index (χ0v) is 20.6. The zero-order chi connectivity index (χ0) is 24.7. The summed E-state index contributed by atoms with van der Waals surface area (Å²) in [7, 11) is 0. The number of oxazole rings is 1. The molecule has 2 aromatic carbocycles. The van der Waals surface area contributed by atoms with Crippen molar-refractivity contribution < 1.29 is 13.7 Å². The number of amides is 1. The molecule has 8 heteroatoms. The zero-order valence-electron chi connectivity index (χ0n) is 20.6. The van der Waals surface area contributed by atoms with E-state index in [0.717, 1.165) is 62.5 Å². The number of aromatic nitrogens is 3. The summed E-state index contributed by atoms with van der Waals surface area (Å²) in [5.41, 5.74) is 3.16. The van der Waals surface area contributed by atoms with Crippen molar-refractivity contribution in [2.24, 2.45) is 0 Å². The highest BCUT2D eigenvalue weighted by molar-refractivity contribution is 5.76. The number of rotatable bonds is 9. The van der Waals surface area contributed by atoms with E-state index in [9.17, 15) is 4.79 Å². The molecule has 0 radical (unpaired) electrons. The van der Waals surface area contributed by atoms with Gasteiger partial charge in [-0.1, -0.05) is 65.3 Å². The average Bonchev–Trinajstić information content (AvgIpc) is 3.59. The molecule has 0 unspecified atom stereocenters. The van der Waals surface area contributed by atoms with E-state index in [1.54, 1.807) is 6.20 Å². The van der Waals surface area contributed by atoms with Crippen molar-refractivity contribution >= 4 is 5.91 Å². The van der Waals surface area contributed by atoms with E-state index in [1.807, 2.05) is 59.5 Å². The second-order valence-electron chi connectivity index (χ2n) is 9.19. The third-order valence-corrected chi connectivity index (χ3v) is 6.53. The lowest BCUT2D eigenvalue weighted by Crippen LogP contribution is -2.48. The normalized spacial score (nSPS) is 14.3. The molecular formula is C28H31N5O3. The van der Waals surface area contributed by atoms with E-state index in [4.69, 9.17) is 8.94 Å². The highest BCUT2D eigenvalue weighted by atomic mass is 16.5. The quantitative estimate of drug-likeness (QED) is 0.347. The molecule has 4 aromatic rings. The van der Waals surface area contributed by atoms with Gasteiger partial charge in [0.1, 0.15) is 0 Å². The van der Waals surface area contributed by atoms with Crippen LogP contribution in [0.2, 0.25) is 0 Å². The Morgan fingerprint density at radius 2 is 1.69 bits per heavy atom. The van der Waals surface area contributed by atoms with Gasteiger partial charge in [-0.2, -0.15) is 4.98 Å². The average molecular weight is 486 g/mol. The fraction of sp³-hybridized carbons (Fsp3) is 0.357. The van der Waals surface area contributed by atoms with E-state index in [2.05, 4.69) is 26.9 Å². The molecule has 0 N–H and O–H groups in total. The van der Waals surface area contributed by atoms with Crippen molar-refractivity contribution in [3.63, 3.8) is 0 Å². The Hall–Kier alpha value is -3.78. The van der Waals surface area contributed by atoms with Crippen LogP contribution < -0.4 is 0 Å². The number of piperazine rings is 1. The molecule has 1 saturated heterocycles. The number of carbonyl (C=O) groups is 1. The van der Waals surface area contributed by atoms with Gasteiger partial charge < -0.3 is 13.8 Å². The molecule has 2 aromatic heterocycles. The molecule has 0 atom stereocenters. The molecule has 8 nitrogen and oxygen atoms in total. The Labute approximate surface area is 210 Å². The van der Waals surface area contributed by atoms with Crippen LogP contribution in [0.3, 0.4) is 0 Å². The highest BCUT2D eigenvalue weighted by Crippen LogP contribution is 2.21. The molecule has 0 saturated carbocycles. The first-order valence-electron chi connectivity index (χ1n) is 12.5. The summed E-state index contributed by atoms with van der Waals surface area (Å²) in [6.07, 6.45) is 4.35. The van der Waals surface area contributed by atoms with Gasteiger partial charge >= 0.3 is 0 Å². The van der Waals surface area contributed by atoms with Gasteiger partial charge in [-0.15, -0.1) is 0 Å². The van der Waals surface area contributed by atoms with Crippen molar-refractivity contribution in [1.29, 1.82) is 0 Å². The van der Waals surface area contributed by atoms with Gasteiger partial charge in [-0.25, -0.2) is 4.98 Å². The van der Waals surface area contributed by atoms with Gasteiger partial charge in [0, 0.05) is 56.6 Å². The van der Waals surface area contributed by atoms with Crippen LogP contribution in [-0.4, -0.2) is 63.6 Å². The highest BCUT2D eigenvalue weighted by Gasteiger charge is 2.21. The summed E-state index contributed by atoms with van der Waals surface area (Å²) in [6.45, 7) is 6.25. The topological polar surface area (TPSA) is 88.5 Å². The van der Waals surface area contributed by atoms with Gasteiger partial charge in [0.25, 0.3) is 0 Å². The van der Waals surface area contributed by atoms with Crippen LogP contribution in [0.1, 0.15) is 30.2 Å². The summed E-state index contributed by atoms with van der Waals surface area (Å²) >= 11 is 0. The van der Waals surface area contributed by atoms with Crippen LogP contribution in [0.25, 0.3) is 22.7 Å². The van der Waals surface area contributed by atoms with Crippen LogP contribution >= 0.6 is 0 Å². The Bertz CT molecular complexity index is 1260. The Kier molecular flexibility index (Phi) is 7.52. The van der Waals surface area contributed by atoms with Crippen molar-refractivity contribution in [1.82, 2.24) is 24.9 Å². The summed E-state index contributed by atoms with van der Waals surface area (Å²) in [5, 5.41) is 4.11. The third-order valence-electron chi connectivity index (χ3n) is 6.53. The van der Waals surface area contributed by atoms with Crippen LogP contribution in [0.4, 0.5) is 0 Å². The lowest BCUT2D eigenvalue weighted by atomic mass is 10.1. The first-order chi connectivity index (χ1) is 17.6. The summed E-state index contributed by atoms with van der Waals surface area (Å²) in [5.74, 6) is 2.80. The first-order valence-corrected chi connectivity index (χ1v) is 12.5. The van der Waals surface area contributed by atoms with Gasteiger partial charge in [0.05, 0.1) is 6.20 Å². The van der Waals surface area contributed by atoms with Gasteiger partial charge in [0.15, 0.2) is 11.7 Å². The summed E-state index contributed by atoms with van der Waals surface area (Å²) < 4.78 is 11.3. The Balaban J connectivity index is 1.01. The molecule has 1 aliphatic rings. The van der Waals surface area contributed by atoms with Crippen LogP contribution in [0, 0.1) is 6.92 Å². The molecule has 5 rings (SSSR count). The molecule has 36 heavy (non-hydrogen) atoms. The maximum Gasteiger partial charge on any atom is 0.227 e. The minimum atomic E-state index is 0.156. The Morgan fingerprint density at radius 3 is 2.47 bits per heavy atom. The summed E-state index contributed by atoms with van der Waals surface area (Å²) in [4.78, 5) is 25.9. The first kappa shape index (κ1) is 23.9. The fourth-order valence-corrected chi connectivity index (χ4v) is 4.38. The number of hydrogen-bond donors (Lipinski definition) is 0. The number of hydrogen-bond acceptors (Lipinski definition) is 7. The van der Waals surface area contributed by atoms with Gasteiger partial charge in [-0.05, 0) is 19.9 Å². The second kappa shape index (κ2) is 11.3. The number of aryl methyl sites for hydroxylation is 3. The smallest absolute Gasteiger partial charge is 0.227 e. The monoisotopic (exact) mass is 485 g/mol. The maximum atomic E-state index is 12.7. The SMILES string of the molecule is Cc1ccc(-c2noc(CCCN3CCN(C(=O)CCc4ncc(-c5ccccc5)o4)CC3)n2)cc1. The molecule has 1 aliphatic heterocycles. The molecule has 1 amide bonds. The molecule has 0 spiro atoms. The van der Waals surface area contributed by atoms with Crippen molar-refractivity contribution in [3.8, 4) is 22.7 Å². The van der Waals surface area contributed by atoms with E-state index in [1.165, 1.54) is 5.56 Å². The third kappa shape index (κ3) is 6.07. The second-order valence-corrected chi connectivity index (χ2v) is 9.19. The lowest BCUT2D eigenvalue weighted by Gasteiger charge is -2.34. The molecule has 186 valence electrons. The number of carbonyl (C=O) groups excluding carboxylic acids is 1. The van der Waals surface area contributed by atoms with E-state index in [-0.39, 0.29) is 5.91 Å². The number of benzene rings is 2. The van der Waals surface area contributed by atoms with Crippen molar-refractivity contribution in [2.45, 2.75) is 32.6 Å². The van der Waals surface area contributed by atoms with Crippen LogP contribution in [-0.2, 0) is 17.6 Å². The molecular weight excluding hydrogens is 454 g/mol. The fourth-order valence-electron chi connectivity index (χ4n) is 4.38. The lowest BCUT2D eigenvalue weighted by molar-refractivity contribution is -0.133. The maximum absolute atomic E-state index is 12.7. The van der Waals surface area contributed by atoms with Crippen molar-refractivity contribution in [2.75, 3.05) is 32.7 Å². The largest absolute Gasteiger partial charge is 0.441 e. The molecule has 0 aliphatic carbocycles. The van der Waals surface area contributed by atoms with Crippen LogP contribution in [0.15, 0.2) is 69.7 Å². The Morgan fingerprint density at radius 1 is 0.917 bits per heavy atom. The molecule has 0 bridgehead atoms. The van der Waals surface area contributed by atoms with Gasteiger partial charge in [-0.3, -0.25) is 9.69 Å². The van der Waals surface area contributed by atoms with Gasteiger partial charge in [0.2, 0.25) is 17.6 Å². The predicted molar refractivity (Wildman–Crippen MR) is 136 cm³/mol. The van der Waals surface area contributed by atoms with E-state index < -0.39 is 0 Å². The minimum Gasteiger partial charge on any atom is -0.441 e. The van der Waals surface area contributed by atoms with Crippen LogP contribution in [0.5, 0.6) is 0 Å². The van der Waals surface area contributed by atoms with Crippen molar-refractivity contribution in [3.05, 3.63) is 78.1 Å².